The van der Waals surface area contributed by atoms with E-state index in [1.165, 1.54) is 0 Å². The van der Waals surface area contributed by atoms with Crippen molar-refractivity contribution < 1.29 is 8.42 Å². The van der Waals surface area contributed by atoms with Crippen LogP contribution in [0.15, 0.2) is 53.4 Å². The van der Waals surface area contributed by atoms with Crippen LogP contribution in [0.5, 0.6) is 0 Å². The van der Waals surface area contributed by atoms with Gasteiger partial charge in [0.2, 0.25) is 0 Å². The quantitative estimate of drug-likeness (QED) is 0.719. The van der Waals surface area contributed by atoms with E-state index in [0.717, 1.165) is 47.2 Å². The molecule has 0 amide bonds. The lowest BCUT2D eigenvalue weighted by molar-refractivity contribution is 0.312. The van der Waals surface area contributed by atoms with Crippen molar-refractivity contribution in [1.82, 2.24) is 8.87 Å². The van der Waals surface area contributed by atoms with Crippen molar-refractivity contribution in [2.24, 2.45) is 0 Å². The first-order chi connectivity index (χ1) is 11.5. The molecule has 3 aromatic rings. The minimum atomic E-state index is -3.60. The highest BCUT2D eigenvalue weighted by Crippen LogP contribution is 2.34. The summed E-state index contributed by atoms with van der Waals surface area (Å²) >= 11 is 0. The van der Waals surface area contributed by atoms with Gasteiger partial charge in [-0.25, -0.2) is 12.4 Å². The van der Waals surface area contributed by atoms with E-state index in [4.69, 9.17) is 0 Å². The number of aryl methyl sites for hydroxylation is 1. The number of hydrogen-bond acceptors (Lipinski definition) is 3. The fraction of sp³-hybridized carbons (Fsp3) is 0.263. The molecule has 124 valence electrons. The van der Waals surface area contributed by atoms with Crippen LogP contribution in [0.25, 0.3) is 10.9 Å². The van der Waals surface area contributed by atoms with Crippen molar-refractivity contribution in [2.45, 2.75) is 24.8 Å². The summed E-state index contributed by atoms with van der Waals surface area (Å²) in [6.45, 7) is 3.70. The maximum absolute atomic E-state index is 13.3. The van der Waals surface area contributed by atoms with Gasteiger partial charge in [0.25, 0.3) is 10.0 Å². The number of hydrogen-bond donors (Lipinski definition) is 0. The van der Waals surface area contributed by atoms with E-state index in [9.17, 15) is 8.42 Å². The van der Waals surface area contributed by atoms with Gasteiger partial charge in [-0.15, -0.1) is 0 Å². The zero-order valence-corrected chi connectivity index (χ0v) is 14.7. The smallest absolute Gasteiger partial charge is 0.268 e. The maximum Gasteiger partial charge on any atom is 0.268 e. The second kappa shape index (κ2) is 5.46. The number of fused-ring (bicyclic) bond motifs is 3. The summed E-state index contributed by atoms with van der Waals surface area (Å²) in [6.07, 6.45) is 0.742. The van der Waals surface area contributed by atoms with Crippen LogP contribution in [-0.2, 0) is 23.0 Å². The van der Waals surface area contributed by atoms with E-state index in [-0.39, 0.29) is 0 Å². The second-order valence-corrected chi connectivity index (χ2v) is 8.30. The Morgan fingerprint density at radius 3 is 2.54 bits per heavy atom. The fourth-order valence-corrected chi connectivity index (χ4v) is 5.16. The van der Waals surface area contributed by atoms with Crippen molar-refractivity contribution >= 4 is 20.9 Å². The van der Waals surface area contributed by atoms with Gasteiger partial charge in [-0.2, -0.15) is 0 Å². The summed E-state index contributed by atoms with van der Waals surface area (Å²) in [5.41, 5.74) is 4.00. The van der Waals surface area contributed by atoms with Crippen LogP contribution in [0, 0.1) is 6.92 Å². The van der Waals surface area contributed by atoms with Gasteiger partial charge in [0.15, 0.2) is 0 Å². The molecule has 24 heavy (non-hydrogen) atoms. The molecule has 1 aliphatic rings. The normalized spacial score (nSPS) is 15.6. The van der Waals surface area contributed by atoms with Crippen molar-refractivity contribution in [3.63, 3.8) is 0 Å². The molecule has 0 unspecified atom stereocenters. The molecular weight excluding hydrogens is 320 g/mol. The number of likely N-dealkylation sites (N-methyl/N-ethyl adjacent to an activating group) is 1. The average molecular weight is 340 g/mol. The Morgan fingerprint density at radius 2 is 1.79 bits per heavy atom. The predicted molar refractivity (Wildman–Crippen MR) is 95.7 cm³/mol. The van der Waals surface area contributed by atoms with Gasteiger partial charge in [0.1, 0.15) is 0 Å². The van der Waals surface area contributed by atoms with Gasteiger partial charge in [-0.05, 0) is 43.8 Å². The first kappa shape index (κ1) is 15.4. The molecule has 0 bridgehead atoms. The van der Waals surface area contributed by atoms with Crippen LogP contribution in [-0.4, -0.2) is 30.9 Å². The molecule has 2 heterocycles. The van der Waals surface area contributed by atoms with Gasteiger partial charge in [0, 0.05) is 30.6 Å². The van der Waals surface area contributed by atoms with E-state index >= 15 is 0 Å². The standard InChI is InChI=1S/C19H20N2O2S/c1-14-8-9-18-16(12-14)17-13-20(2)11-10-19(17)21(18)24(22,23)15-6-4-3-5-7-15/h3-9,12H,10-11,13H2,1-2H3. The van der Waals surface area contributed by atoms with Crippen LogP contribution in [0.2, 0.25) is 0 Å². The Balaban J connectivity index is 2.06. The Labute approximate surface area is 142 Å². The molecule has 1 aromatic heterocycles. The largest absolute Gasteiger partial charge is 0.302 e. The molecule has 0 atom stereocenters. The van der Waals surface area contributed by atoms with Crippen LogP contribution >= 0.6 is 0 Å². The van der Waals surface area contributed by atoms with Gasteiger partial charge in [-0.1, -0.05) is 29.8 Å². The molecule has 4 rings (SSSR count). The third-order valence-electron chi connectivity index (χ3n) is 4.73. The Kier molecular flexibility index (Phi) is 3.51. The summed E-state index contributed by atoms with van der Waals surface area (Å²) in [4.78, 5) is 2.58. The number of benzene rings is 2. The first-order valence-corrected chi connectivity index (χ1v) is 9.54. The number of rotatable bonds is 2. The second-order valence-electron chi connectivity index (χ2n) is 6.52. The summed E-state index contributed by atoms with van der Waals surface area (Å²) in [7, 11) is -1.52. The Morgan fingerprint density at radius 1 is 1.04 bits per heavy atom. The molecule has 0 aliphatic carbocycles. The first-order valence-electron chi connectivity index (χ1n) is 8.10. The van der Waals surface area contributed by atoms with E-state index in [2.05, 4.69) is 18.0 Å². The fourth-order valence-electron chi connectivity index (χ4n) is 3.54. The molecule has 0 saturated carbocycles. The molecule has 4 nitrogen and oxygen atoms in total. The molecule has 2 aromatic carbocycles. The lowest BCUT2D eigenvalue weighted by Gasteiger charge is -2.24. The summed E-state index contributed by atoms with van der Waals surface area (Å²) in [6, 6.07) is 14.7. The molecule has 0 saturated heterocycles. The van der Waals surface area contributed by atoms with Crippen molar-refractivity contribution in [3.8, 4) is 0 Å². The molecule has 1 aliphatic heterocycles. The zero-order valence-electron chi connectivity index (χ0n) is 13.9. The van der Waals surface area contributed by atoms with Gasteiger partial charge in [0.05, 0.1) is 10.4 Å². The molecule has 0 spiro atoms. The van der Waals surface area contributed by atoms with Crippen LogP contribution in [0.3, 0.4) is 0 Å². The van der Waals surface area contributed by atoms with Crippen molar-refractivity contribution in [3.05, 3.63) is 65.4 Å². The number of nitrogens with zero attached hydrogens (tertiary/aromatic N) is 2. The van der Waals surface area contributed by atoms with E-state index in [0.29, 0.717) is 4.90 Å². The molecule has 0 N–H and O–H groups in total. The summed E-state index contributed by atoms with van der Waals surface area (Å²) in [5, 5.41) is 1.05. The highest BCUT2D eigenvalue weighted by molar-refractivity contribution is 7.90. The Bertz CT molecular complexity index is 1020. The molecule has 5 heteroatoms. The van der Waals surface area contributed by atoms with Crippen LogP contribution in [0.4, 0.5) is 0 Å². The minimum absolute atomic E-state index is 0.337. The van der Waals surface area contributed by atoms with E-state index in [1.807, 2.05) is 25.1 Å². The lowest BCUT2D eigenvalue weighted by Crippen LogP contribution is -2.28. The monoisotopic (exact) mass is 340 g/mol. The van der Waals surface area contributed by atoms with Crippen molar-refractivity contribution in [2.75, 3.05) is 13.6 Å². The molecule has 0 fully saturated rings. The average Bonchev–Trinajstić information content (AvgIpc) is 2.89. The van der Waals surface area contributed by atoms with Crippen molar-refractivity contribution in [1.29, 1.82) is 0 Å². The highest BCUT2D eigenvalue weighted by Gasteiger charge is 2.29. The lowest BCUT2D eigenvalue weighted by atomic mass is 10.0. The summed E-state index contributed by atoms with van der Waals surface area (Å²) in [5.74, 6) is 0. The van der Waals surface area contributed by atoms with Crippen LogP contribution < -0.4 is 0 Å². The van der Waals surface area contributed by atoms with Gasteiger partial charge < -0.3 is 4.90 Å². The SMILES string of the molecule is Cc1ccc2c(c1)c1c(n2S(=O)(=O)c2ccccc2)CCN(C)C1. The Hall–Kier alpha value is -2.11. The third-order valence-corrected chi connectivity index (χ3v) is 6.49. The highest BCUT2D eigenvalue weighted by atomic mass is 32.2. The maximum atomic E-state index is 13.3. The molecule has 0 radical (unpaired) electrons. The number of aromatic nitrogens is 1. The zero-order chi connectivity index (χ0) is 16.9. The van der Waals surface area contributed by atoms with Gasteiger partial charge in [-0.3, -0.25) is 0 Å². The van der Waals surface area contributed by atoms with Crippen LogP contribution in [0.1, 0.15) is 16.8 Å². The predicted octanol–water partition coefficient (Wildman–Crippen LogP) is 3.17. The summed E-state index contributed by atoms with van der Waals surface area (Å²) < 4.78 is 28.2. The van der Waals surface area contributed by atoms with Gasteiger partial charge >= 0.3 is 0 Å². The topological polar surface area (TPSA) is 42.3 Å². The minimum Gasteiger partial charge on any atom is -0.302 e. The van der Waals surface area contributed by atoms with E-state index in [1.54, 1.807) is 28.2 Å². The molecular formula is C19H20N2O2S. The van der Waals surface area contributed by atoms with E-state index < -0.39 is 10.0 Å². The third kappa shape index (κ3) is 2.27.